The summed E-state index contributed by atoms with van der Waals surface area (Å²) in [5.74, 6) is -1.05. The molecule has 0 amide bonds. The molecule has 0 spiro atoms. The van der Waals surface area contributed by atoms with Crippen molar-refractivity contribution in [2.45, 2.75) is 0 Å². The average molecular weight is 288 g/mol. The third kappa shape index (κ3) is 1.83. The topological polar surface area (TPSA) is 68.0 Å². The molecule has 0 atom stereocenters. The van der Waals surface area contributed by atoms with Gasteiger partial charge >= 0.3 is 5.97 Å². The minimum atomic E-state index is -1.05. The number of fused-ring (bicyclic) bond motifs is 1. The third-order valence-electron chi connectivity index (χ3n) is 3.11. The molecule has 100 valence electrons. The summed E-state index contributed by atoms with van der Waals surface area (Å²) < 4.78 is 1.72. The van der Waals surface area contributed by atoms with Crippen LogP contribution in [0.2, 0.25) is 5.15 Å². The number of nitrogens with zero attached hydrogens (tertiary/aromatic N) is 3. The summed E-state index contributed by atoms with van der Waals surface area (Å²) in [6.45, 7) is 0. The predicted molar refractivity (Wildman–Crippen MR) is 75.9 cm³/mol. The fourth-order valence-electron chi connectivity index (χ4n) is 2.30. The van der Waals surface area contributed by atoms with Crippen LogP contribution in [0.4, 0.5) is 0 Å². The maximum absolute atomic E-state index is 11.6. The molecule has 0 saturated heterocycles. The Hall–Kier alpha value is -2.40. The number of benzene rings is 1. The number of aromatic nitrogens is 3. The molecule has 1 aromatic carbocycles. The van der Waals surface area contributed by atoms with E-state index in [0.29, 0.717) is 16.9 Å². The van der Waals surface area contributed by atoms with Gasteiger partial charge in [0.25, 0.3) is 0 Å². The van der Waals surface area contributed by atoms with Crippen LogP contribution in [0.15, 0.2) is 36.5 Å². The number of carboxylic acid groups (broad SMARTS) is 1. The van der Waals surface area contributed by atoms with Crippen molar-refractivity contribution in [3.63, 3.8) is 0 Å². The Morgan fingerprint density at radius 1 is 1.30 bits per heavy atom. The zero-order valence-corrected chi connectivity index (χ0v) is 11.3. The molecule has 0 radical (unpaired) electrons. The van der Waals surface area contributed by atoms with Gasteiger partial charge in [0, 0.05) is 7.05 Å². The molecule has 0 aliphatic heterocycles. The molecule has 5 nitrogen and oxygen atoms in total. The number of carboxylic acids is 1. The van der Waals surface area contributed by atoms with Crippen LogP contribution in [0.3, 0.4) is 0 Å². The van der Waals surface area contributed by atoms with Gasteiger partial charge in [-0.2, -0.15) is 0 Å². The van der Waals surface area contributed by atoms with Crippen LogP contribution in [0, 0.1) is 0 Å². The van der Waals surface area contributed by atoms with Gasteiger partial charge in [-0.3, -0.25) is 0 Å². The lowest BCUT2D eigenvalue weighted by Crippen LogP contribution is -2.00. The molecule has 1 N–H and O–H groups in total. The van der Waals surface area contributed by atoms with Crippen LogP contribution in [-0.4, -0.2) is 25.6 Å². The van der Waals surface area contributed by atoms with Gasteiger partial charge in [0.2, 0.25) is 0 Å². The molecule has 0 aliphatic rings. The van der Waals surface area contributed by atoms with E-state index in [4.69, 9.17) is 11.6 Å². The van der Waals surface area contributed by atoms with Crippen LogP contribution in [0.25, 0.3) is 22.4 Å². The lowest BCUT2D eigenvalue weighted by Gasteiger charge is -2.04. The Bertz CT molecular complexity index is 812. The van der Waals surface area contributed by atoms with Gasteiger partial charge in [-0.15, -0.1) is 0 Å². The standard InChI is InChI=1S/C14H10ClN3O2/c1-18-12(8-5-3-2-4-6-8)10(14(19)20)11-13(18)16-7-9(15)17-11/h2-7H,1H3,(H,19,20). The SMILES string of the molecule is Cn1c(-c2ccccc2)c(C(=O)O)c2nc(Cl)cnc21. The predicted octanol–water partition coefficient (Wildman–Crippen LogP) is 2.99. The summed E-state index contributed by atoms with van der Waals surface area (Å²) in [6, 6.07) is 9.28. The maximum atomic E-state index is 11.6. The first kappa shape index (κ1) is 12.6. The largest absolute Gasteiger partial charge is 0.478 e. The highest BCUT2D eigenvalue weighted by Gasteiger charge is 2.23. The van der Waals surface area contributed by atoms with Crippen molar-refractivity contribution in [3.8, 4) is 11.3 Å². The first-order chi connectivity index (χ1) is 9.59. The van der Waals surface area contributed by atoms with Gasteiger partial charge in [-0.1, -0.05) is 41.9 Å². The normalized spacial score (nSPS) is 10.9. The molecule has 3 aromatic rings. The molecule has 0 fully saturated rings. The number of carbonyl (C=O) groups is 1. The average Bonchev–Trinajstić information content (AvgIpc) is 2.72. The number of halogens is 1. The van der Waals surface area contributed by atoms with E-state index in [-0.39, 0.29) is 10.7 Å². The molecular weight excluding hydrogens is 278 g/mol. The summed E-state index contributed by atoms with van der Waals surface area (Å²) in [7, 11) is 1.76. The number of rotatable bonds is 2. The molecule has 3 rings (SSSR count). The highest BCUT2D eigenvalue weighted by atomic mass is 35.5. The number of hydrogen-bond acceptors (Lipinski definition) is 3. The molecule has 0 aliphatic carbocycles. The van der Waals surface area contributed by atoms with Gasteiger partial charge in [0.1, 0.15) is 16.2 Å². The van der Waals surface area contributed by atoms with Crippen molar-refractivity contribution in [2.75, 3.05) is 0 Å². The van der Waals surface area contributed by atoms with E-state index in [1.54, 1.807) is 11.6 Å². The summed E-state index contributed by atoms with van der Waals surface area (Å²) in [5.41, 5.74) is 2.26. The van der Waals surface area contributed by atoms with Crippen molar-refractivity contribution in [3.05, 3.63) is 47.2 Å². The molecule has 2 heterocycles. The second-order valence-electron chi connectivity index (χ2n) is 4.32. The first-order valence-electron chi connectivity index (χ1n) is 5.89. The van der Waals surface area contributed by atoms with Crippen molar-refractivity contribution in [2.24, 2.45) is 7.05 Å². The van der Waals surface area contributed by atoms with Gasteiger partial charge < -0.3 is 9.67 Å². The van der Waals surface area contributed by atoms with E-state index in [2.05, 4.69) is 9.97 Å². The Kier molecular flexibility index (Phi) is 2.91. The highest BCUT2D eigenvalue weighted by Crippen LogP contribution is 2.31. The van der Waals surface area contributed by atoms with Crippen LogP contribution < -0.4 is 0 Å². The number of hydrogen-bond donors (Lipinski definition) is 1. The Balaban J connectivity index is 2.45. The molecule has 6 heteroatoms. The number of aryl methyl sites for hydroxylation is 1. The van der Waals surface area contributed by atoms with Gasteiger partial charge in [-0.05, 0) is 5.56 Å². The summed E-state index contributed by atoms with van der Waals surface area (Å²) in [6.07, 6.45) is 1.41. The molecule has 0 unspecified atom stereocenters. The zero-order chi connectivity index (χ0) is 14.3. The lowest BCUT2D eigenvalue weighted by atomic mass is 10.1. The molecule has 2 aromatic heterocycles. The Morgan fingerprint density at radius 2 is 2.00 bits per heavy atom. The summed E-state index contributed by atoms with van der Waals surface area (Å²) in [5, 5.41) is 9.68. The summed E-state index contributed by atoms with van der Waals surface area (Å²) in [4.78, 5) is 19.9. The summed E-state index contributed by atoms with van der Waals surface area (Å²) >= 11 is 5.83. The van der Waals surface area contributed by atoms with Gasteiger partial charge in [0.05, 0.1) is 11.9 Å². The third-order valence-corrected chi connectivity index (χ3v) is 3.29. The second-order valence-corrected chi connectivity index (χ2v) is 4.71. The second kappa shape index (κ2) is 4.61. The Morgan fingerprint density at radius 3 is 2.65 bits per heavy atom. The van der Waals surface area contributed by atoms with Gasteiger partial charge in [-0.25, -0.2) is 14.8 Å². The Labute approximate surface area is 119 Å². The first-order valence-corrected chi connectivity index (χ1v) is 6.27. The van der Waals surface area contributed by atoms with E-state index < -0.39 is 5.97 Å². The fraction of sp³-hybridized carbons (Fsp3) is 0.0714. The van der Waals surface area contributed by atoms with Crippen molar-refractivity contribution < 1.29 is 9.90 Å². The van der Waals surface area contributed by atoms with E-state index in [0.717, 1.165) is 5.56 Å². The van der Waals surface area contributed by atoms with Crippen LogP contribution in [0.1, 0.15) is 10.4 Å². The van der Waals surface area contributed by atoms with Crippen molar-refractivity contribution in [1.29, 1.82) is 0 Å². The monoisotopic (exact) mass is 287 g/mol. The molecule has 0 saturated carbocycles. The maximum Gasteiger partial charge on any atom is 0.340 e. The minimum absolute atomic E-state index is 0.115. The quantitative estimate of drug-likeness (QED) is 0.787. The van der Waals surface area contributed by atoms with E-state index >= 15 is 0 Å². The van der Waals surface area contributed by atoms with Gasteiger partial charge in [0.15, 0.2) is 5.65 Å². The lowest BCUT2D eigenvalue weighted by molar-refractivity contribution is 0.0699. The van der Waals surface area contributed by atoms with Crippen LogP contribution in [-0.2, 0) is 7.05 Å². The number of aromatic carboxylic acids is 1. The zero-order valence-electron chi connectivity index (χ0n) is 10.5. The minimum Gasteiger partial charge on any atom is -0.478 e. The van der Waals surface area contributed by atoms with Crippen molar-refractivity contribution in [1.82, 2.24) is 14.5 Å². The molecule has 20 heavy (non-hydrogen) atoms. The van der Waals surface area contributed by atoms with Crippen molar-refractivity contribution >= 4 is 28.7 Å². The van der Waals surface area contributed by atoms with E-state index in [1.165, 1.54) is 6.20 Å². The fourth-order valence-corrected chi connectivity index (χ4v) is 2.43. The molecule has 0 bridgehead atoms. The van der Waals surface area contributed by atoms with Crippen LogP contribution >= 0.6 is 11.6 Å². The highest BCUT2D eigenvalue weighted by molar-refractivity contribution is 6.29. The smallest absolute Gasteiger partial charge is 0.340 e. The molecular formula is C14H10ClN3O2. The van der Waals surface area contributed by atoms with E-state index in [9.17, 15) is 9.90 Å². The van der Waals surface area contributed by atoms with E-state index in [1.807, 2.05) is 30.3 Å². The van der Waals surface area contributed by atoms with Crippen LogP contribution in [0.5, 0.6) is 0 Å².